The van der Waals surface area contributed by atoms with Gasteiger partial charge in [-0.25, -0.2) is 15.0 Å². The third kappa shape index (κ3) is 5.44. The van der Waals surface area contributed by atoms with Gasteiger partial charge in [0, 0.05) is 33.3 Å². The molecule has 0 saturated heterocycles. The van der Waals surface area contributed by atoms with Crippen LogP contribution in [0.2, 0.25) is 0 Å². The summed E-state index contributed by atoms with van der Waals surface area (Å²) in [4.78, 5) is 15.6. The van der Waals surface area contributed by atoms with Crippen LogP contribution in [-0.2, 0) is 0 Å². The van der Waals surface area contributed by atoms with Gasteiger partial charge < -0.3 is 0 Å². The van der Waals surface area contributed by atoms with E-state index in [1.54, 1.807) is 0 Å². The number of fused-ring (bicyclic) bond motifs is 7. The van der Waals surface area contributed by atoms with E-state index in [-0.39, 0.29) is 0 Å². The maximum atomic E-state index is 5.19. The lowest BCUT2D eigenvalue weighted by Crippen LogP contribution is -2.01. The second-order valence-electron chi connectivity index (χ2n) is 15.2. The summed E-state index contributed by atoms with van der Waals surface area (Å²) in [5.74, 6) is 1.92. The third-order valence-electron chi connectivity index (χ3n) is 11.8. The summed E-state index contributed by atoms with van der Waals surface area (Å²) in [6.07, 6.45) is 0. The fraction of sp³-hybridized carbons (Fsp3) is 0. The summed E-state index contributed by atoms with van der Waals surface area (Å²) in [7, 11) is 0. The van der Waals surface area contributed by atoms with Crippen LogP contribution >= 0.6 is 0 Å². The lowest BCUT2D eigenvalue weighted by atomic mass is 10.0. The Hall–Kier alpha value is -8.15. The molecule has 0 saturated carbocycles. The minimum absolute atomic E-state index is 0.629. The lowest BCUT2D eigenvalue weighted by molar-refractivity contribution is 1.08. The van der Waals surface area contributed by atoms with Crippen molar-refractivity contribution in [2.45, 2.75) is 0 Å². The average molecular weight is 766 g/mol. The smallest absolute Gasteiger partial charge is 0.164 e. The first kappa shape index (κ1) is 33.9. The summed E-state index contributed by atoms with van der Waals surface area (Å²) >= 11 is 0. The molecule has 5 heteroatoms. The predicted molar refractivity (Wildman–Crippen MR) is 247 cm³/mol. The van der Waals surface area contributed by atoms with Gasteiger partial charge in [-0.15, -0.1) is 0 Å². The minimum Gasteiger partial charge on any atom is -0.293 e. The highest BCUT2D eigenvalue weighted by molar-refractivity contribution is 6.09. The molecule has 0 bridgehead atoms. The zero-order valence-electron chi connectivity index (χ0n) is 32.4. The normalized spacial score (nSPS) is 11.7. The number of para-hydroxylation sites is 3. The number of benzene rings is 9. The maximum absolute atomic E-state index is 5.19. The molecule has 12 aromatic rings. The molecule has 3 heterocycles. The molecule has 3 aromatic heterocycles. The molecule has 5 nitrogen and oxygen atoms in total. The Morgan fingerprint density at radius 2 is 0.817 bits per heavy atom. The van der Waals surface area contributed by atoms with E-state index < -0.39 is 0 Å². The van der Waals surface area contributed by atoms with Gasteiger partial charge in [0.1, 0.15) is 5.65 Å². The van der Waals surface area contributed by atoms with Crippen molar-refractivity contribution in [1.29, 1.82) is 0 Å². The van der Waals surface area contributed by atoms with Crippen LogP contribution in [0.4, 0.5) is 0 Å². The molecular weight excluding hydrogens is 731 g/mol. The van der Waals surface area contributed by atoms with E-state index >= 15 is 0 Å². The fourth-order valence-corrected chi connectivity index (χ4v) is 9.02. The van der Waals surface area contributed by atoms with Gasteiger partial charge in [-0.1, -0.05) is 176 Å². The first-order valence-corrected chi connectivity index (χ1v) is 20.3. The van der Waals surface area contributed by atoms with Crippen molar-refractivity contribution < 1.29 is 0 Å². The Morgan fingerprint density at radius 1 is 0.317 bits per heavy atom. The van der Waals surface area contributed by atoms with Gasteiger partial charge in [0.2, 0.25) is 0 Å². The van der Waals surface area contributed by atoms with Crippen molar-refractivity contribution in [3.63, 3.8) is 0 Å². The number of hydrogen-bond acceptors (Lipinski definition) is 3. The quantitative estimate of drug-likeness (QED) is 0.169. The lowest BCUT2D eigenvalue weighted by Gasteiger charge is -2.13. The standard InChI is InChI=1S/C55H35N5/c1-2-17-39(18-3-1)51-47-25-8-9-28-48(47)60-50-30-11-10-29-49(50)59(55(51)60)42-33-31-36(32-34-42)40-21-12-22-41(35-40)52-56-53(45-26-13-19-37-15-4-6-23-43(37)45)58-54(57-52)46-27-14-20-38-16-5-7-24-44(38)46/h1-35H. The number of nitrogens with zero attached hydrogens (tertiary/aromatic N) is 5. The van der Waals surface area contributed by atoms with E-state index in [1.165, 1.54) is 27.5 Å². The Bertz CT molecular complexity index is 3490. The van der Waals surface area contributed by atoms with Gasteiger partial charge in [0.25, 0.3) is 0 Å². The van der Waals surface area contributed by atoms with Gasteiger partial charge >= 0.3 is 0 Å². The molecule has 12 rings (SSSR count). The summed E-state index contributed by atoms with van der Waals surface area (Å²) < 4.78 is 4.82. The van der Waals surface area contributed by atoms with Crippen molar-refractivity contribution in [3.8, 4) is 62.1 Å². The molecule has 0 aliphatic rings. The summed E-state index contributed by atoms with van der Waals surface area (Å²) in [5, 5.41) is 5.73. The first-order valence-electron chi connectivity index (χ1n) is 20.3. The number of hydrogen-bond donors (Lipinski definition) is 0. The van der Waals surface area contributed by atoms with Crippen LogP contribution in [0.3, 0.4) is 0 Å². The van der Waals surface area contributed by atoms with E-state index in [2.05, 4.69) is 221 Å². The minimum atomic E-state index is 0.629. The van der Waals surface area contributed by atoms with Crippen molar-refractivity contribution in [2.24, 2.45) is 0 Å². The highest BCUT2D eigenvalue weighted by Gasteiger charge is 2.22. The molecule has 280 valence electrons. The zero-order chi connectivity index (χ0) is 39.6. The molecule has 9 aromatic carbocycles. The van der Waals surface area contributed by atoms with Gasteiger partial charge in [-0.05, 0) is 74.6 Å². The monoisotopic (exact) mass is 765 g/mol. The molecular formula is C55H35N5. The molecule has 0 radical (unpaired) electrons. The highest BCUT2D eigenvalue weighted by atomic mass is 15.1. The first-order chi connectivity index (χ1) is 29.8. The van der Waals surface area contributed by atoms with Crippen molar-refractivity contribution in [3.05, 3.63) is 212 Å². The van der Waals surface area contributed by atoms with E-state index in [9.17, 15) is 0 Å². The fourth-order valence-electron chi connectivity index (χ4n) is 9.02. The predicted octanol–water partition coefficient (Wildman–Crippen LogP) is 13.9. The van der Waals surface area contributed by atoms with Crippen LogP contribution in [0.1, 0.15) is 0 Å². The summed E-state index contributed by atoms with van der Waals surface area (Å²) in [6.45, 7) is 0. The Balaban J connectivity index is 1.000. The second kappa shape index (κ2) is 13.8. The Kier molecular flexibility index (Phi) is 7.78. The summed E-state index contributed by atoms with van der Waals surface area (Å²) in [5.41, 5.74) is 13.2. The number of aromatic nitrogens is 5. The number of imidazole rings is 1. The van der Waals surface area contributed by atoms with E-state index in [4.69, 9.17) is 15.0 Å². The molecule has 0 spiro atoms. The van der Waals surface area contributed by atoms with Crippen molar-refractivity contribution in [2.75, 3.05) is 0 Å². The molecule has 0 unspecified atom stereocenters. The van der Waals surface area contributed by atoms with Crippen LogP contribution in [0.25, 0.3) is 111 Å². The third-order valence-corrected chi connectivity index (χ3v) is 11.8. The molecule has 60 heavy (non-hydrogen) atoms. The Morgan fingerprint density at radius 3 is 1.50 bits per heavy atom. The van der Waals surface area contributed by atoms with Gasteiger partial charge in [-0.3, -0.25) is 8.97 Å². The van der Waals surface area contributed by atoms with Crippen LogP contribution in [0, 0.1) is 0 Å². The molecule has 0 aliphatic carbocycles. The maximum Gasteiger partial charge on any atom is 0.164 e. The molecule has 0 fully saturated rings. The van der Waals surface area contributed by atoms with E-state index in [0.29, 0.717) is 17.5 Å². The van der Waals surface area contributed by atoms with E-state index in [0.717, 1.165) is 66.2 Å². The molecule has 0 amide bonds. The van der Waals surface area contributed by atoms with Crippen LogP contribution in [0.15, 0.2) is 212 Å². The molecule has 0 aliphatic heterocycles. The zero-order valence-corrected chi connectivity index (χ0v) is 32.4. The largest absolute Gasteiger partial charge is 0.293 e. The average Bonchev–Trinajstić information content (AvgIpc) is 3.84. The topological polar surface area (TPSA) is 48.0 Å². The van der Waals surface area contributed by atoms with E-state index in [1.807, 2.05) is 0 Å². The van der Waals surface area contributed by atoms with Crippen molar-refractivity contribution in [1.82, 2.24) is 23.9 Å². The van der Waals surface area contributed by atoms with Crippen LogP contribution < -0.4 is 0 Å². The second-order valence-corrected chi connectivity index (χ2v) is 15.2. The van der Waals surface area contributed by atoms with Gasteiger partial charge in [-0.2, -0.15) is 0 Å². The highest BCUT2D eigenvalue weighted by Crippen LogP contribution is 2.41. The van der Waals surface area contributed by atoms with Crippen LogP contribution in [-0.4, -0.2) is 23.9 Å². The molecule has 0 atom stereocenters. The SMILES string of the molecule is c1ccc(-c2c3ccccc3n3c4ccccc4n(-c4ccc(-c5cccc(-c6nc(-c7cccc8ccccc78)nc(-c7cccc8ccccc78)n6)c5)cc4)c23)cc1. The summed E-state index contributed by atoms with van der Waals surface area (Å²) in [6, 6.07) is 75.1. The number of rotatable bonds is 6. The van der Waals surface area contributed by atoms with Crippen LogP contribution in [0.5, 0.6) is 0 Å². The van der Waals surface area contributed by atoms with Crippen molar-refractivity contribution >= 4 is 49.1 Å². The Labute approximate surface area is 346 Å². The van der Waals surface area contributed by atoms with Gasteiger partial charge in [0.05, 0.1) is 16.6 Å². The van der Waals surface area contributed by atoms with Gasteiger partial charge in [0.15, 0.2) is 17.5 Å². The molecule has 0 N–H and O–H groups in total.